The fraction of sp³-hybridized carbons (Fsp3) is 0.667. The van der Waals surface area contributed by atoms with Crippen molar-refractivity contribution in [2.75, 3.05) is 5.32 Å². The van der Waals surface area contributed by atoms with Crippen molar-refractivity contribution in [3.8, 4) is 0 Å². The summed E-state index contributed by atoms with van der Waals surface area (Å²) in [6, 6.07) is 0. The Morgan fingerprint density at radius 2 is 2.22 bits per heavy atom. The number of halogens is 2. The highest BCUT2D eigenvalue weighted by Crippen LogP contribution is 2.37. The van der Waals surface area contributed by atoms with Crippen molar-refractivity contribution in [3.63, 3.8) is 0 Å². The Balaban J connectivity index is 1.80. The molecule has 1 fully saturated rings. The molecule has 0 bridgehead atoms. The Morgan fingerprint density at radius 3 is 2.78 bits per heavy atom. The van der Waals surface area contributed by atoms with Gasteiger partial charge in [-0.2, -0.15) is 0 Å². The monoisotopic (exact) mass is 258 g/mol. The maximum absolute atomic E-state index is 13.0. The number of rotatable bonds is 3. The van der Waals surface area contributed by atoms with Crippen molar-refractivity contribution < 1.29 is 18.1 Å². The highest BCUT2D eigenvalue weighted by Gasteiger charge is 2.35. The molecule has 1 saturated carbocycles. The summed E-state index contributed by atoms with van der Waals surface area (Å²) in [7, 11) is 0. The van der Waals surface area contributed by atoms with E-state index in [4.69, 9.17) is 4.52 Å². The predicted molar refractivity (Wildman–Crippen MR) is 61.4 cm³/mol. The van der Waals surface area contributed by atoms with E-state index in [1.54, 1.807) is 6.92 Å². The summed E-state index contributed by atoms with van der Waals surface area (Å²) < 4.78 is 30.6. The average Bonchev–Trinajstić information content (AvgIpc) is 2.68. The molecular weight excluding hydrogens is 242 g/mol. The molecule has 0 atom stereocenters. The lowest BCUT2D eigenvalue weighted by Crippen LogP contribution is -2.27. The number of amides is 1. The second kappa shape index (κ2) is 5.04. The van der Waals surface area contributed by atoms with Crippen molar-refractivity contribution in [1.82, 2.24) is 5.16 Å². The molecule has 18 heavy (non-hydrogen) atoms. The predicted octanol–water partition coefficient (Wildman–Crippen LogP) is 3.14. The third-order valence-electron chi connectivity index (χ3n) is 3.32. The van der Waals surface area contributed by atoms with Crippen LogP contribution in [0.3, 0.4) is 0 Å². The molecule has 0 spiro atoms. The summed E-state index contributed by atoms with van der Waals surface area (Å²) in [6.45, 7) is 1.77. The number of nitrogens with zero attached hydrogens (tertiary/aromatic N) is 1. The van der Waals surface area contributed by atoms with E-state index in [0.29, 0.717) is 18.7 Å². The fourth-order valence-corrected chi connectivity index (χ4v) is 2.16. The van der Waals surface area contributed by atoms with Crippen LogP contribution in [0, 0.1) is 12.8 Å². The molecule has 1 amide bonds. The SMILES string of the molecule is Cc1conc1NC(=O)CC1CCC(F)(F)CC1. The summed E-state index contributed by atoms with van der Waals surface area (Å²) in [6.07, 6.45) is 2.28. The van der Waals surface area contributed by atoms with Crippen LogP contribution in [0.2, 0.25) is 0 Å². The van der Waals surface area contributed by atoms with E-state index in [1.807, 2.05) is 0 Å². The number of anilines is 1. The molecule has 100 valence electrons. The molecule has 1 aromatic rings. The van der Waals surface area contributed by atoms with E-state index in [0.717, 1.165) is 5.56 Å². The summed E-state index contributed by atoms with van der Waals surface area (Å²) >= 11 is 0. The third kappa shape index (κ3) is 3.27. The van der Waals surface area contributed by atoms with Gasteiger partial charge in [0.2, 0.25) is 11.8 Å². The zero-order valence-electron chi connectivity index (χ0n) is 10.2. The first-order valence-electron chi connectivity index (χ1n) is 6.05. The van der Waals surface area contributed by atoms with Gasteiger partial charge in [-0.25, -0.2) is 8.78 Å². The fourth-order valence-electron chi connectivity index (χ4n) is 2.16. The second-order valence-corrected chi connectivity index (χ2v) is 4.90. The zero-order valence-corrected chi connectivity index (χ0v) is 10.2. The summed E-state index contributed by atoms with van der Waals surface area (Å²) in [5.41, 5.74) is 0.749. The number of aryl methyl sites for hydroxylation is 1. The Morgan fingerprint density at radius 1 is 1.56 bits per heavy atom. The van der Waals surface area contributed by atoms with Gasteiger partial charge in [0.25, 0.3) is 0 Å². The van der Waals surface area contributed by atoms with Gasteiger partial charge in [0, 0.05) is 24.8 Å². The highest BCUT2D eigenvalue weighted by molar-refractivity contribution is 5.90. The molecule has 0 aromatic carbocycles. The molecule has 1 heterocycles. The van der Waals surface area contributed by atoms with Crippen molar-refractivity contribution in [3.05, 3.63) is 11.8 Å². The molecule has 1 aliphatic carbocycles. The first-order valence-corrected chi connectivity index (χ1v) is 6.05. The number of carbonyl (C=O) groups is 1. The molecule has 0 aliphatic heterocycles. The molecule has 1 aliphatic rings. The molecule has 0 saturated heterocycles. The minimum Gasteiger partial charge on any atom is -0.362 e. The van der Waals surface area contributed by atoms with Crippen molar-refractivity contribution in [2.24, 2.45) is 5.92 Å². The first kappa shape index (κ1) is 13.0. The number of nitrogens with one attached hydrogen (secondary N) is 1. The van der Waals surface area contributed by atoms with Gasteiger partial charge in [0.1, 0.15) is 6.26 Å². The van der Waals surface area contributed by atoms with Crippen LogP contribution in [0.5, 0.6) is 0 Å². The number of hydrogen-bond acceptors (Lipinski definition) is 3. The van der Waals surface area contributed by atoms with Gasteiger partial charge in [-0.15, -0.1) is 0 Å². The van der Waals surface area contributed by atoms with E-state index in [9.17, 15) is 13.6 Å². The quantitative estimate of drug-likeness (QED) is 0.906. The average molecular weight is 258 g/mol. The lowest BCUT2D eigenvalue weighted by Gasteiger charge is -2.27. The van der Waals surface area contributed by atoms with Gasteiger partial charge < -0.3 is 9.84 Å². The van der Waals surface area contributed by atoms with Crippen LogP contribution < -0.4 is 5.32 Å². The van der Waals surface area contributed by atoms with Gasteiger partial charge >= 0.3 is 0 Å². The maximum Gasteiger partial charge on any atom is 0.248 e. The molecule has 4 nitrogen and oxygen atoms in total. The van der Waals surface area contributed by atoms with Crippen molar-refractivity contribution >= 4 is 11.7 Å². The number of alkyl halides is 2. The molecular formula is C12H16F2N2O2. The summed E-state index contributed by atoms with van der Waals surface area (Å²) in [5.74, 6) is -2.30. The maximum atomic E-state index is 13.0. The Hall–Kier alpha value is -1.46. The van der Waals surface area contributed by atoms with Gasteiger partial charge in [0.15, 0.2) is 5.82 Å². The zero-order chi connectivity index (χ0) is 13.2. The van der Waals surface area contributed by atoms with E-state index in [2.05, 4.69) is 10.5 Å². The Labute approximate surface area is 104 Å². The Bertz CT molecular complexity index is 421. The molecule has 1 N–H and O–H groups in total. The number of carbonyl (C=O) groups excluding carboxylic acids is 1. The second-order valence-electron chi connectivity index (χ2n) is 4.90. The third-order valence-corrected chi connectivity index (χ3v) is 3.32. The largest absolute Gasteiger partial charge is 0.362 e. The lowest BCUT2D eigenvalue weighted by atomic mass is 9.84. The van der Waals surface area contributed by atoms with Crippen LogP contribution in [0.25, 0.3) is 0 Å². The number of hydrogen-bond donors (Lipinski definition) is 1. The van der Waals surface area contributed by atoms with Gasteiger partial charge in [0.05, 0.1) is 0 Å². The van der Waals surface area contributed by atoms with Crippen LogP contribution in [-0.4, -0.2) is 17.0 Å². The minimum absolute atomic E-state index is 0.0387. The topological polar surface area (TPSA) is 55.1 Å². The standard InChI is InChI=1S/C12H16F2N2O2/c1-8-7-18-16-11(8)15-10(17)6-9-2-4-12(13,14)5-3-9/h7,9H,2-6H2,1H3,(H,15,16,17). The molecule has 0 unspecified atom stereocenters. The van der Waals surface area contributed by atoms with Crippen LogP contribution >= 0.6 is 0 Å². The highest BCUT2D eigenvalue weighted by atomic mass is 19.3. The normalized spacial score (nSPS) is 19.7. The van der Waals surface area contributed by atoms with E-state index in [-0.39, 0.29) is 31.1 Å². The molecule has 1 aromatic heterocycles. The van der Waals surface area contributed by atoms with Gasteiger partial charge in [-0.3, -0.25) is 4.79 Å². The van der Waals surface area contributed by atoms with Gasteiger partial charge in [-0.05, 0) is 25.7 Å². The molecule has 2 rings (SSSR count). The molecule has 6 heteroatoms. The number of aromatic nitrogens is 1. The summed E-state index contributed by atoms with van der Waals surface area (Å²) in [4.78, 5) is 11.7. The van der Waals surface area contributed by atoms with Crippen molar-refractivity contribution in [2.45, 2.75) is 45.0 Å². The van der Waals surface area contributed by atoms with Crippen LogP contribution in [-0.2, 0) is 4.79 Å². The molecule has 0 radical (unpaired) electrons. The Kier molecular flexibility index (Phi) is 3.63. The van der Waals surface area contributed by atoms with Crippen LogP contribution in [0.15, 0.2) is 10.8 Å². The van der Waals surface area contributed by atoms with Gasteiger partial charge in [-0.1, -0.05) is 5.16 Å². The van der Waals surface area contributed by atoms with E-state index < -0.39 is 5.92 Å². The minimum atomic E-state index is -2.55. The first-order chi connectivity index (χ1) is 8.46. The van der Waals surface area contributed by atoms with Crippen LogP contribution in [0.4, 0.5) is 14.6 Å². The van der Waals surface area contributed by atoms with E-state index >= 15 is 0 Å². The van der Waals surface area contributed by atoms with Crippen molar-refractivity contribution in [1.29, 1.82) is 0 Å². The van der Waals surface area contributed by atoms with E-state index in [1.165, 1.54) is 6.26 Å². The summed E-state index contributed by atoms with van der Waals surface area (Å²) in [5, 5.41) is 6.27. The smallest absolute Gasteiger partial charge is 0.248 e. The van der Waals surface area contributed by atoms with Crippen LogP contribution in [0.1, 0.15) is 37.7 Å². The lowest BCUT2D eigenvalue weighted by molar-refractivity contribution is -0.118.